The second-order valence-corrected chi connectivity index (χ2v) is 19.8. The summed E-state index contributed by atoms with van der Waals surface area (Å²) in [6.45, 7) is -1.25. The Labute approximate surface area is 166 Å². The fraction of sp³-hybridized carbons (Fsp3) is 1.00. The molecule has 0 rings (SSSR count). The standard InChI is InChI=1S/5C2H6O2.I2Te/c5*3-1-2-4;1-3-2/h5*3-4H,1-2H2;. The summed E-state index contributed by atoms with van der Waals surface area (Å²) in [5.41, 5.74) is 0. The number of rotatable bonds is 5. The zero-order valence-corrected chi connectivity index (χ0v) is 19.4. The smallest absolute Gasteiger partial charge is 0.0662 e. The minimum absolute atomic E-state index is 0.125. The van der Waals surface area contributed by atoms with Crippen LogP contribution in [0.3, 0.4) is 0 Å². The Balaban J connectivity index is -0.0000000378. The number of halogens is 2. The van der Waals surface area contributed by atoms with Crippen LogP contribution >= 0.6 is 37.4 Å². The van der Waals surface area contributed by atoms with E-state index in [9.17, 15) is 0 Å². The summed E-state index contributed by atoms with van der Waals surface area (Å²) < 4.78 is 0. The summed E-state index contributed by atoms with van der Waals surface area (Å²) in [5, 5.41) is 76.2. The third-order valence-electron chi connectivity index (χ3n) is 0.500. The molecule has 0 spiro atoms. The third-order valence-corrected chi connectivity index (χ3v) is 0.500. The average molecular weight is 692 g/mol. The SMILES string of the molecule is I[Te]I.OCCO.OCCO.OCCO.OCCO.OCCO. The molecule has 0 aromatic rings. The third kappa shape index (κ3) is 243. The molecule has 0 aliphatic carbocycles. The molecule has 0 aliphatic heterocycles. The van der Waals surface area contributed by atoms with Crippen LogP contribution in [0, 0.1) is 0 Å². The van der Waals surface area contributed by atoms with Crippen molar-refractivity contribution in [2.45, 2.75) is 0 Å². The summed E-state index contributed by atoms with van der Waals surface area (Å²) in [7, 11) is 0. The first-order chi connectivity index (χ1) is 11.0. The molecule has 0 aliphatic rings. The zero-order valence-electron chi connectivity index (χ0n) is 12.7. The number of hydrogen-bond acceptors (Lipinski definition) is 10. The van der Waals surface area contributed by atoms with E-state index in [1.54, 1.807) is 0 Å². The van der Waals surface area contributed by atoms with Gasteiger partial charge in [-0.05, 0) is 0 Å². The molecule has 0 aromatic carbocycles. The molecule has 0 aromatic heterocycles. The molecular formula is C10H30I2O10Te. The van der Waals surface area contributed by atoms with Gasteiger partial charge in [-0.3, -0.25) is 0 Å². The monoisotopic (exact) mass is 694 g/mol. The van der Waals surface area contributed by atoms with Crippen molar-refractivity contribution in [3.63, 3.8) is 0 Å². The number of aliphatic hydroxyl groups excluding tert-OH is 10. The summed E-state index contributed by atoms with van der Waals surface area (Å²) in [5.74, 6) is 0. The molecule has 150 valence electrons. The zero-order chi connectivity index (χ0) is 19.8. The molecule has 23 heavy (non-hydrogen) atoms. The van der Waals surface area contributed by atoms with Crippen molar-refractivity contribution >= 4 is 50.4 Å². The Morgan fingerprint density at radius 3 is 0.391 bits per heavy atom. The van der Waals surface area contributed by atoms with Crippen LogP contribution in [0.15, 0.2) is 0 Å². The van der Waals surface area contributed by atoms with Crippen molar-refractivity contribution in [2.24, 2.45) is 0 Å². The first kappa shape index (κ1) is 39.8. The Bertz CT molecular complexity index is 78.5. The number of aliphatic hydroxyl groups is 10. The van der Waals surface area contributed by atoms with E-state index >= 15 is 0 Å². The maximum Gasteiger partial charge on any atom is 0.0662 e. The number of hydrogen-bond donors (Lipinski definition) is 10. The van der Waals surface area contributed by atoms with Crippen molar-refractivity contribution in [3.8, 4) is 0 Å². The Morgan fingerprint density at radius 1 is 0.348 bits per heavy atom. The fourth-order valence-electron chi connectivity index (χ4n) is 0. The van der Waals surface area contributed by atoms with Gasteiger partial charge in [-0.15, -0.1) is 0 Å². The summed E-state index contributed by atoms with van der Waals surface area (Å²) in [4.78, 5) is 0. The van der Waals surface area contributed by atoms with Gasteiger partial charge in [-0.1, -0.05) is 0 Å². The first-order valence-corrected chi connectivity index (χ1v) is 19.5. The predicted octanol–water partition coefficient (Wildman–Crippen LogP) is -3.75. The summed E-state index contributed by atoms with van der Waals surface area (Å²) >= 11 is 5.22. The van der Waals surface area contributed by atoms with Gasteiger partial charge in [0.2, 0.25) is 0 Å². The molecule has 10 N–H and O–H groups in total. The summed E-state index contributed by atoms with van der Waals surface area (Å²) in [6.07, 6.45) is 0. The van der Waals surface area contributed by atoms with Crippen LogP contribution < -0.4 is 0 Å². The molecule has 0 radical (unpaired) electrons. The fourth-order valence-corrected chi connectivity index (χ4v) is 0. The molecule has 13 heteroatoms. The molecule has 0 fully saturated rings. The molecule has 10 nitrogen and oxygen atoms in total. The van der Waals surface area contributed by atoms with Crippen molar-refractivity contribution in [1.82, 2.24) is 0 Å². The summed E-state index contributed by atoms with van der Waals surface area (Å²) in [6, 6.07) is 0. The maximum atomic E-state index is 7.62. The Hall–Kier alpha value is 1.85. The molecule has 0 unspecified atom stereocenters. The van der Waals surface area contributed by atoms with Gasteiger partial charge in [0.25, 0.3) is 0 Å². The topological polar surface area (TPSA) is 202 Å². The molecule has 0 heterocycles. The van der Waals surface area contributed by atoms with Gasteiger partial charge in [0.1, 0.15) is 0 Å². The van der Waals surface area contributed by atoms with Crippen molar-refractivity contribution in [3.05, 3.63) is 0 Å². The van der Waals surface area contributed by atoms with Crippen LogP contribution in [0.4, 0.5) is 0 Å². The minimum Gasteiger partial charge on any atom is -0.394 e. The molecule has 0 saturated carbocycles. The second-order valence-electron chi connectivity index (χ2n) is 2.29. The largest absolute Gasteiger partial charge is 0.394 e. The van der Waals surface area contributed by atoms with Crippen molar-refractivity contribution in [2.75, 3.05) is 66.1 Å². The predicted molar refractivity (Wildman–Crippen MR) is 105 cm³/mol. The van der Waals surface area contributed by atoms with Gasteiger partial charge >= 0.3 is 50.4 Å². The van der Waals surface area contributed by atoms with Gasteiger partial charge in [0.15, 0.2) is 0 Å². The van der Waals surface area contributed by atoms with Crippen LogP contribution in [-0.4, -0.2) is 130 Å². The van der Waals surface area contributed by atoms with E-state index in [0.717, 1.165) is 0 Å². The van der Waals surface area contributed by atoms with E-state index in [1.807, 2.05) is 0 Å². The molecule has 0 atom stereocenters. The van der Waals surface area contributed by atoms with Crippen molar-refractivity contribution in [1.29, 1.82) is 0 Å². The van der Waals surface area contributed by atoms with E-state index in [1.165, 1.54) is 0 Å². The van der Waals surface area contributed by atoms with E-state index in [0.29, 0.717) is 13.0 Å². The van der Waals surface area contributed by atoms with E-state index in [-0.39, 0.29) is 66.1 Å². The average Bonchev–Trinajstić information content (AvgIpc) is 2.62. The van der Waals surface area contributed by atoms with E-state index in [2.05, 4.69) is 37.4 Å². The van der Waals surface area contributed by atoms with Gasteiger partial charge in [0, 0.05) is 0 Å². The van der Waals surface area contributed by atoms with Crippen LogP contribution in [0.5, 0.6) is 0 Å². The van der Waals surface area contributed by atoms with Crippen molar-refractivity contribution < 1.29 is 51.1 Å². The molecule has 0 saturated heterocycles. The second kappa shape index (κ2) is 75.4. The van der Waals surface area contributed by atoms with Crippen LogP contribution in [-0.2, 0) is 0 Å². The van der Waals surface area contributed by atoms with Gasteiger partial charge < -0.3 is 51.1 Å². The maximum absolute atomic E-state index is 7.62. The van der Waals surface area contributed by atoms with Crippen LogP contribution in [0.2, 0.25) is 0 Å². The van der Waals surface area contributed by atoms with E-state index in [4.69, 9.17) is 51.1 Å². The van der Waals surface area contributed by atoms with Gasteiger partial charge in [0.05, 0.1) is 66.1 Å². The van der Waals surface area contributed by atoms with Gasteiger partial charge in [-0.25, -0.2) is 0 Å². The minimum atomic E-state index is -0.125. The quantitative estimate of drug-likeness (QED) is 0.101. The van der Waals surface area contributed by atoms with Crippen LogP contribution in [0.1, 0.15) is 0 Å². The first-order valence-electron chi connectivity index (χ1n) is 5.97. The molecule has 0 bridgehead atoms. The Kier molecular flexibility index (Phi) is 130. The van der Waals surface area contributed by atoms with E-state index < -0.39 is 0 Å². The normalized spacial score (nSPS) is 7.30. The Morgan fingerprint density at radius 2 is 0.391 bits per heavy atom. The van der Waals surface area contributed by atoms with Gasteiger partial charge in [-0.2, -0.15) is 0 Å². The van der Waals surface area contributed by atoms with Crippen LogP contribution in [0.25, 0.3) is 0 Å². The molecular weight excluding hydrogens is 662 g/mol. The molecule has 0 amide bonds.